The topological polar surface area (TPSA) is 83.5 Å². The average Bonchev–Trinajstić information content (AvgIpc) is 2.41. The third-order valence-corrected chi connectivity index (χ3v) is 4.70. The lowest BCUT2D eigenvalue weighted by Crippen LogP contribution is -2.08. The van der Waals surface area contributed by atoms with Gasteiger partial charge in [-0.1, -0.05) is 17.7 Å². The highest BCUT2D eigenvalue weighted by molar-refractivity contribution is 7.91. The lowest BCUT2D eigenvalue weighted by molar-refractivity contribution is -0.114. The molecule has 0 atom stereocenters. The summed E-state index contributed by atoms with van der Waals surface area (Å²) in [5.41, 5.74) is 1.25. The SMILES string of the molecule is CC(=O)Nc1ccc(O)c(S(=O)(=O)c2ccc(C)cc2)c1. The lowest BCUT2D eigenvalue weighted by Gasteiger charge is -2.09. The van der Waals surface area contributed by atoms with Crippen molar-refractivity contribution in [3.63, 3.8) is 0 Å². The molecule has 2 aromatic rings. The highest BCUT2D eigenvalue weighted by Gasteiger charge is 2.22. The maximum Gasteiger partial charge on any atom is 0.221 e. The summed E-state index contributed by atoms with van der Waals surface area (Å²) in [6.07, 6.45) is 0. The molecule has 21 heavy (non-hydrogen) atoms. The van der Waals surface area contributed by atoms with Gasteiger partial charge < -0.3 is 10.4 Å². The van der Waals surface area contributed by atoms with Crippen LogP contribution >= 0.6 is 0 Å². The molecule has 2 aromatic carbocycles. The molecule has 0 fully saturated rings. The largest absolute Gasteiger partial charge is 0.507 e. The van der Waals surface area contributed by atoms with Crippen molar-refractivity contribution in [2.75, 3.05) is 5.32 Å². The number of phenols is 1. The minimum absolute atomic E-state index is 0.0865. The van der Waals surface area contributed by atoms with Crippen LogP contribution in [0.4, 0.5) is 5.69 Å². The average molecular weight is 305 g/mol. The Kier molecular flexibility index (Phi) is 3.99. The molecule has 0 spiro atoms. The van der Waals surface area contributed by atoms with Gasteiger partial charge >= 0.3 is 0 Å². The third kappa shape index (κ3) is 3.22. The van der Waals surface area contributed by atoms with Crippen LogP contribution in [0.5, 0.6) is 5.75 Å². The van der Waals surface area contributed by atoms with Gasteiger partial charge in [-0.15, -0.1) is 0 Å². The molecule has 0 aliphatic rings. The van der Waals surface area contributed by atoms with Gasteiger partial charge in [-0.3, -0.25) is 4.79 Å². The minimum atomic E-state index is -3.85. The van der Waals surface area contributed by atoms with E-state index < -0.39 is 9.84 Å². The van der Waals surface area contributed by atoms with Crippen LogP contribution in [0, 0.1) is 6.92 Å². The number of nitrogens with one attached hydrogen (secondary N) is 1. The zero-order valence-electron chi connectivity index (χ0n) is 11.6. The van der Waals surface area contributed by atoms with Gasteiger partial charge in [0.25, 0.3) is 0 Å². The van der Waals surface area contributed by atoms with Gasteiger partial charge in [0.05, 0.1) is 4.90 Å². The molecule has 0 radical (unpaired) electrons. The van der Waals surface area contributed by atoms with Crippen LogP contribution < -0.4 is 5.32 Å². The fourth-order valence-corrected chi connectivity index (χ4v) is 3.23. The molecule has 1 amide bonds. The van der Waals surface area contributed by atoms with E-state index in [1.165, 1.54) is 37.3 Å². The number of carbonyl (C=O) groups is 1. The van der Waals surface area contributed by atoms with Crippen LogP contribution in [0.1, 0.15) is 12.5 Å². The Balaban J connectivity index is 2.53. The molecule has 0 aliphatic carbocycles. The van der Waals surface area contributed by atoms with Crippen LogP contribution in [0.15, 0.2) is 52.3 Å². The van der Waals surface area contributed by atoms with Crippen molar-refractivity contribution in [2.24, 2.45) is 0 Å². The van der Waals surface area contributed by atoms with Gasteiger partial charge in [-0.25, -0.2) is 8.42 Å². The summed E-state index contributed by atoms with van der Waals surface area (Å²) in [5, 5.41) is 12.3. The highest BCUT2D eigenvalue weighted by Crippen LogP contribution is 2.31. The second kappa shape index (κ2) is 5.57. The zero-order valence-corrected chi connectivity index (χ0v) is 12.4. The van der Waals surface area contributed by atoms with Crippen molar-refractivity contribution in [1.82, 2.24) is 0 Å². The van der Waals surface area contributed by atoms with E-state index >= 15 is 0 Å². The zero-order chi connectivity index (χ0) is 15.6. The summed E-state index contributed by atoms with van der Waals surface area (Å²) in [7, 11) is -3.85. The Bertz CT molecular complexity index is 780. The first-order valence-corrected chi connectivity index (χ1v) is 7.71. The number of aryl methyl sites for hydroxylation is 1. The molecular weight excluding hydrogens is 290 g/mol. The van der Waals surface area contributed by atoms with Crippen molar-refractivity contribution < 1.29 is 18.3 Å². The van der Waals surface area contributed by atoms with Crippen LogP contribution in [0.3, 0.4) is 0 Å². The summed E-state index contributed by atoms with van der Waals surface area (Å²) in [6, 6.07) is 10.2. The Labute approximate surface area is 123 Å². The summed E-state index contributed by atoms with van der Waals surface area (Å²) in [4.78, 5) is 10.9. The number of benzene rings is 2. The van der Waals surface area contributed by atoms with Crippen LogP contribution in [0.2, 0.25) is 0 Å². The first-order chi connectivity index (χ1) is 9.80. The Morgan fingerprint density at radius 3 is 2.29 bits per heavy atom. The first kappa shape index (κ1) is 15.1. The quantitative estimate of drug-likeness (QED) is 0.853. The fraction of sp³-hybridized carbons (Fsp3) is 0.133. The van der Waals surface area contributed by atoms with Gasteiger partial charge in [0, 0.05) is 12.6 Å². The maximum atomic E-state index is 12.5. The van der Waals surface area contributed by atoms with Crippen molar-refractivity contribution in [2.45, 2.75) is 23.6 Å². The van der Waals surface area contributed by atoms with E-state index in [1.54, 1.807) is 12.1 Å². The molecule has 2 N–H and O–H groups in total. The summed E-state index contributed by atoms with van der Waals surface area (Å²) >= 11 is 0. The van der Waals surface area contributed by atoms with Gasteiger partial charge in [-0.2, -0.15) is 0 Å². The van der Waals surface area contributed by atoms with E-state index in [-0.39, 0.29) is 21.4 Å². The molecule has 6 heteroatoms. The molecule has 5 nitrogen and oxygen atoms in total. The molecule has 0 heterocycles. The smallest absolute Gasteiger partial charge is 0.221 e. The predicted octanol–water partition coefficient (Wildman–Crippen LogP) is 2.49. The summed E-state index contributed by atoms with van der Waals surface area (Å²) in [5.74, 6) is -0.677. The van der Waals surface area contributed by atoms with E-state index in [0.29, 0.717) is 5.69 Å². The molecule has 0 saturated carbocycles. The third-order valence-electron chi connectivity index (χ3n) is 2.90. The fourth-order valence-electron chi connectivity index (χ4n) is 1.85. The normalized spacial score (nSPS) is 11.1. The Morgan fingerprint density at radius 2 is 1.71 bits per heavy atom. The first-order valence-electron chi connectivity index (χ1n) is 6.23. The predicted molar refractivity (Wildman–Crippen MR) is 79.0 cm³/mol. The molecule has 110 valence electrons. The van der Waals surface area contributed by atoms with Crippen LogP contribution in [0.25, 0.3) is 0 Å². The minimum Gasteiger partial charge on any atom is -0.507 e. The lowest BCUT2D eigenvalue weighted by atomic mass is 10.2. The monoisotopic (exact) mass is 305 g/mol. The molecule has 0 saturated heterocycles. The number of anilines is 1. The standard InChI is InChI=1S/C15H15NO4S/c1-10-3-6-13(7-4-10)21(19,20)15-9-12(16-11(2)17)5-8-14(15)18/h3-9,18H,1-2H3,(H,16,17). The van der Waals surface area contributed by atoms with Crippen LogP contribution in [-0.2, 0) is 14.6 Å². The van der Waals surface area contributed by atoms with Gasteiger partial charge in [0.1, 0.15) is 10.6 Å². The van der Waals surface area contributed by atoms with E-state index in [0.717, 1.165) is 5.56 Å². The highest BCUT2D eigenvalue weighted by atomic mass is 32.2. The van der Waals surface area contributed by atoms with E-state index in [9.17, 15) is 18.3 Å². The number of rotatable bonds is 3. The van der Waals surface area contributed by atoms with E-state index in [4.69, 9.17) is 0 Å². The molecule has 0 aliphatic heterocycles. The van der Waals surface area contributed by atoms with Crippen molar-refractivity contribution in [3.8, 4) is 5.75 Å². The molecule has 2 rings (SSSR count). The number of hydrogen-bond donors (Lipinski definition) is 2. The second-order valence-electron chi connectivity index (χ2n) is 4.68. The number of carbonyl (C=O) groups excluding carboxylic acids is 1. The Hall–Kier alpha value is -2.34. The molecule has 0 unspecified atom stereocenters. The molecule has 0 bridgehead atoms. The summed E-state index contributed by atoms with van der Waals surface area (Å²) < 4.78 is 25.1. The Morgan fingerprint density at radius 1 is 1.10 bits per heavy atom. The molecule has 0 aromatic heterocycles. The maximum absolute atomic E-state index is 12.5. The second-order valence-corrected chi connectivity index (χ2v) is 6.60. The van der Waals surface area contributed by atoms with Crippen molar-refractivity contribution in [3.05, 3.63) is 48.0 Å². The molecular formula is C15H15NO4S. The van der Waals surface area contributed by atoms with E-state index in [1.807, 2.05) is 6.92 Å². The number of sulfone groups is 1. The van der Waals surface area contributed by atoms with Gasteiger partial charge in [0.2, 0.25) is 15.7 Å². The summed E-state index contributed by atoms with van der Waals surface area (Å²) in [6.45, 7) is 3.17. The van der Waals surface area contributed by atoms with Crippen molar-refractivity contribution >= 4 is 21.4 Å². The number of aromatic hydroxyl groups is 1. The number of phenolic OH excluding ortho intramolecular Hbond substituents is 1. The van der Waals surface area contributed by atoms with Crippen LogP contribution in [-0.4, -0.2) is 19.4 Å². The number of amides is 1. The van der Waals surface area contributed by atoms with E-state index in [2.05, 4.69) is 5.32 Å². The van der Waals surface area contributed by atoms with Gasteiger partial charge in [0.15, 0.2) is 0 Å². The van der Waals surface area contributed by atoms with Crippen molar-refractivity contribution in [1.29, 1.82) is 0 Å². The number of hydrogen-bond acceptors (Lipinski definition) is 4. The van der Waals surface area contributed by atoms with Gasteiger partial charge in [-0.05, 0) is 37.3 Å².